The van der Waals surface area contributed by atoms with Crippen molar-refractivity contribution in [3.05, 3.63) is 22.8 Å². The van der Waals surface area contributed by atoms with Crippen LogP contribution in [0, 0.1) is 5.92 Å². The number of amides is 1. The minimum atomic E-state index is -5.73. The van der Waals surface area contributed by atoms with Crippen LogP contribution in [0.25, 0.3) is 0 Å². The van der Waals surface area contributed by atoms with Gasteiger partial charge in [-0.15, -0.1) is 0 Å². The molecule has 1 rings (SSSR count). The van der Waals surface area contributed by atoms with Crippen molar-refractivity contribution in [3.63, 3.8) is 0 Å². The van der Waals surface area contributed by atoms with Crippen LogP contribution in [0.1, 0.15) is 0 Å². The van der Waals surface area contributed by atoms with E-state index in [1.165, 1.54) is 17.4 Å². The molecule has 10 heteroatoms. The van der Waals surface area contributed by atoms with Gasteiger partial charge in [0.15, 0.2) is 0 Å². The van der Waals surface area contributed by atoms with Crippen LogP contribution in [-0.4, -0.2) is 23.2 Å². The fourth-order valence-corrected chi connectivity index (χ4v) is 1.50. The van der Waals surface area contributed by atoms with E-state index in [0.717, 1.165) is 6.07 Å². The minimum absolute atomic E-state index is 0.154. The predicted octanol–water partition coefficient (Wildman–Crippen LogP) is 3.52. The molecule has 0 fully saturated rings. The van der Waals surface area contributed by atoms with Crippen molar-refractivity contribution < 1.29 is 31.1 Å². The molecule has 0 radical (unpaired) electrons. The zero-order chi connectivity index (χ0) is 14.8. The van der Waals surface area contributed by atoms with E-state index in [9.17, 15) is 31.1 Å². The van der Waals surface area contributed by atoms with Crippen LogP contribution in [0.2, 0.25) is 0 Å². The van der Waals surface area contributed by atoms with E-state index in [1.807, 2.05) is 0 Å². The number of carbonyl (C=O) groups excluding carboxylic acids is 1. The van der Waals surface area contributed by atoms with Crippen molar-refractivity contribution in [2.75, 3.05) is 5.32 Å². The fourth-order valence-electron chi connectivity index (χ4n) is 1.16. The summed E-state index contributed by atoms with van der Waals surface area (Å²) in [6.07, 6.45) is -11.5. The topological polar surface area (TPSA) is 42.0 Å². The highest BCUT2D eigenvalue weighted by Gasteiger charge is 2.61. The van der Waals surface area contributed by atoms with E-state index in [0.29, 0.717) is 0 Å². The van der Waals surface area contributed by atoms with Crippen LogP contribution in [0.15, 0.2) is 22.8 Å². The molecule has 0 atom stereocenters. The molecular weight excluding hydrogens is 346 g/mol. The number of aromatic nitrogens is 1. The molecular formula is C9H5BrF6N2O. The quantitative estimate of drug-likeness (QED) is 0.655. The van der Waals surface area contributed by atoms with Gasteiger partial charge in [0.25, 0.3) is 0 Å². The molecule has 106 valence electrons. The molecule has 0 saturated heterocycles. The first kappa shape index (κ1) is 15.7. The number of carbonyl (C=O) groups is 1. The Morgan fingerprint density at radius 2 is 1.68 bits per heavy atom. The minimum Gasteiger partial charge on any atom is -0.310 e. The molecule has 1 heterocycles. The second kappa shape index (κ2) is 5.35. The first-order valence-corrected chi connectivity index (χ1v) is 5.38. The molecule has 3 nitrogen and oxygen atoms in total. The highest BCUT2D eigenvalue weighted by molar-refractivity contribution is 9.10. The Labute approximate surface area is 111 Å². The average molecular weight is 351 g/mol. The summed E-state index contributed by atoms with van der Waals surface area (Å²) in [4.78, 5) is 14.6. The summed E-state index contributed by atoms with van der Waals surface area (Å²) in [5.74, 6) is -6.75. The van der Waals surface area contributed by atoms with Crippen molar-refractivity contribution in [1.82, 2.24) is 4.98 Å². The largest absolute Gasteiger partial charge is 0.409 e. The number of anilines is 1. The van der Waals surface area contributed by atoms with Crippen molar-refractivity contribution in [2.45, 2.75) is 12.4 Å². The van der Waals surface area contributed by atoms with Crippen LogP contribution < -0.4 is 5.32 Å². The lowest BCUT2D eigenvalue weighted by Crippen LogP contribution is -2.45. The zero-order valence-corrected chi connectivity index (χ0v) is 10.4. The Morgan fingerprint density at radius 1 is 1.16 bits per heavy atom. The molecule has 0 aliphatic rings. The third kappa shape index (κ3) is 4.37. The summed E-state index contributed by atoms with van der Waals surface area (Å²) in [6.45, 7) is 0. The molecule has 0 aromatic carbocycles. The van der Waals surface area contributed by atoms with E-state index in [4.69, 9.17) is 0 Å². The van der Waals surface area contributed by atoms with Crippen molar-refractivity contribution >= 4 is 27.7 Å². The molecule has 1 aromatic heterocycles. The maximum atomic E-state index is 12.2. The number of alkyl halides is 6. The SMILES string of the molecule is O=C(Nc1cccc(Br)n1)C(C(F)(F)F)C(F)(F)F. The second-order valence-corrected chi connectivity index (χ2v) is 4.16. The van der Waals surface area contributed by atoms with Crippen molar-refractivity contribution in [2.24, 2.45) is 5.92 Å². The third-order valence-electron chi connectivity index (χ3n) is 1.88. The van der Waals surface area contributed by atoms with Gasteiger partial charge in [0, 0.05) is 0 Å². The van der Waals surface area contributed by atoms with Crippen LogP contribution in [0.5, 0.6) is 0 Å². The maximum absolute atomic E-state index is 12.2. The van der Waals surface area contributed by atoms with Crippen LogP contribution in [0.3, 0.4) is 0 Å². The monoisotopic (exact) mass is 350 g/mol. The molecule has 0 bridgehead atoms. The van der Waals surface area contributed by atoms with Gasteiger partial charge in [0.2, 0.25) is 11.8 Å². The summed E-state index contributed by atoms with van der Waals surface area (Å²) in [5.41, 5.74) is 0. The van der Waals surface area contributed by atoms with Crippen LogP contribution in [-0.2, 0) is 4.79 Å². The summed E-state index contributed by atoms with van der Waals surface area (Å²) in [6, 6.07) is 3.75. The van der Waals surface area contributed by atoms with Gasteiger partial charge in [-0.1, -0.05) is 6.07 Å². The highest BCUT2D eigenvalue weighted by atomic mass is 79.9. The third-order valence-corrected chi connectivity index (χ3v) is 2.32. The lowest BCUT2D eigenvalue weighted by Gasteiger charge is -2.21. The van der Waals surface area contributed by atoms with Gasteiger partial charge in [-0.05, 0) is 28.1 Å². The summed E-state index contributed by atoms with van der Waals surface area (Å²) < 4.78 is 73.6. The molecule has 0 saturated carbocycles. The number of pyridine rings is 1. The van der Waals surface area contributed by atoms with Gasteiger partial charge in [0.1, 0.15) is 10.4 Å². The fraction of sp³-hybridized carbons (Fsp3) is 0.333. The van der Waals surface area contributed by atoms with Crippen LogP contribution in [0.4, 0.5) is 32.2 Å². The van der Waals surface area contributed by atoms with Gasteiger partial charge in [-0.2, -0.15) is 26.3 Å². The Balaban J connectivity index is 2.97. The van der Waals surface area contributed by atoms with E-state index in [-0.39, 0.29) is 4.60 Å². The number of nitrogens with one attached hydrogen (secondary N) is 1. The Kier molecular flexibility index (Phi) is 4.43. The van der Waals surface area contributed by atoms with Gasteiger partial charge >= 0.3 is 12.4 Å². The second-order valence-electron chi connectivity index (χ2n) is 3.35. The van der Waals surface area contributed by atoms with Gasteiger partial charge in [-0.3, -0.25) is 4.79 Å². The van der Waals surface area contributed by atoms with E-state index in [2.05, 4.69) is 20.9 Å². The molecule has 0 spiro atoms. The number of halogens is 7. The lowest BCUT2D eigenvalue weighted by atomic mass is 10.1. The summed E-state index contributed by atoms with van der Waals surface area (Å²) >= 11 is 2.86. The molecule has 1 N–H and O–H groups in total. The summed E-state index contributed by atoms with van der Waals surface area (Å²) in [7, 11) is 0. The first-order valence-electron chi connectivity index (χ1n) is 4.58. The normalized spacial score (nSPS) is 12.6. The number of nitrogens with zero attached hydrogens (tertiary/aromatic N) is 1. The number of rotatable bonds is 2. The highest BCUT2D eigenvalue weighted by Crippen LogP contribution is 2.39. The molecule has 1 aromatic rings. The molecule has 0 aliphatic carbocycles. The van der Waals surface area contributed by atoms with Gasteiger partial charge in [0.05, 0.1) is 0 Å². The zero-order valence-electron chi connectivity index (χ0n) is 8.81. The van der Waals surface area contributed by atoms with E-state index >= 15 is 0 Å². The smallest absolute Gasteiger partial charge is 0.310 e. The summed E-state index contributed by atoms with van der Waals surface area (Å²) in [5, 5.41) is 1.48. The molecule has 1 amide bonds. The van der Waals surface area contributed by atoms with Gasteiger partial charge < -0.3 is 5.32 Å². The Hall–Kier alpha value is -1.32. The van der Waals surface area contributed by atoms with Gasteiger partial charge in [-0.25, -0.2) is 4.98 Å². The Bertz CT molecular complexity index is 459. The van der Waals surface area contributed by atoms with Crippen molar-refractivity contribution in [1.29, 1.82) is 0 Å². The number of hydrogen-bond donors (Lipinski definition) is 1. The first-order chi connectivity index (χ1) is 8.51. The standard InChI is InChI=1S/C9H5BrF6N2O/c10-4-2-1-3-5(17-4)18-7(19)6(8(11,12)13)9(14,15)16/h1-3,6H,(H,17,18,19). The number of hydrogen-bond acceptors (Lipinski definition) is 2. The van der Waals surface area contributed by atoms with E-state index in [1.54, 1.807) is 0 Å². The van der Waals surface area contributed by atoms with Crippen molar-refractivity contribution in [3.8, 4) is 0 Å². The maximum Gasteiger partial charge on any atom is 0.409 e. The molecule has 19 heavy (non-hydrogen) atoms. The molecule has 0 aliphatic heterocycles. The predicted molar refractivity (Wildman–Crippen MR) is 56.2 cm³/mol. The Morgan fingerprint density at radius 3 is 2.11 bits per heavy atom. The van der Waals surface area contributed by atoms with E-state index < -0.39 is 30.0 Å². The van der Waals surface area contributed by atoms with Crippen LogP contribution >= 0.6 is 15.9 Å². The average Bonchev–Trinajstić information content (AvgIpc) is 2.11. The lowest BCUT2D eigenvalue weighted by molar-refractivity contribution is -0.272. The molecule has 0 unspecified atom stereocenters.